The lowest BCUT2D eigenvalue weighted by Gasteiger charge is -2.44. The van der Waals surface area contributed by atoms with Crippen LogP contribution in [0.25, 0.3) is 0 Å². The minimum absolute atomic E-state index is 0.398. The summed E-state index contributed by atoms with van der Waals surface area (Å²) in [5.41, 5.74) is 0. The number of aliphatic hydroxyl groups is 10. The van der Waals surface area contributed by atoms with Crippen LogP contribution in [0.4, 0.5) is 0 Å². The molecule has 0 spiro atoms. The fraction of sp³-hybridized carbons (Fsp3) is 1.00. The smallest absolute Gasteiger partial charge is 0.186 e. The first-order valence-corrected chi connectivity index (χ1v) is 9.99. The van der Waals surface area contributed by atoms with E-state index in [9.17, 15) is 51.1 Å². The Hall–Kier alpha value is -0.600. The van der Waals surface area contributed by atoms with Gasteiger partial charge in [0, 0.05) is 0 Å². The second kappa shape index (κ2) is 10.8. The van der Waals surface area contributed by atoms with E-state index in [1.165, 1.54) is 0 Å². The van der Waals surface area contributed by atoms with E-state index in [2.05, 4.69) is 0 Å². The Labute approximate surface area is 181 Å². The zero-order valence-electron chi connectivity index (χ0n) is 16.7. The highest BCUT2D eigenvalue weighted by atomic mass is 16.7. The molecule has 0 aromatic heterocycles. The first-order chi connectivity index (χ1) is 15.1. The van der Waals surface area contributed by atoms with Gasteiger partial charge in [-0.15, -0.1) is 0 Å². The van der Waals surface area contributed by atoms with Gasteiger partial charge in [0.2, 0.25) is 0 Å². The summed E-state index contributed by atoms with van der Waals surface area (Å²) in [5, 5.41) is 98.7. The lowest BCUT2D eigenvalue weighted by Crippen LogP contribution is -2.63. The second-order valence-corrected chi connectivity index (χ2v) is 7.93. The van der Waals surface area contributed by atoms with Crippen molar-refractivity contribution in [3.8, 4) is 0 Å². The molecule has 0 amide bonds. The summed E-state index contributed by atoms with van der Waals surface area (Å²) in [5.74, 6) is 0. The van der Waals surface area contributed by atoms with Crippen molar-refractivity contribution in [3.05, 3.63) is 0 Å². The molecule has 32 heavy (non-hydrogen) atoms. The molecule has 10 N–H and O–H groups in total. The summed E-state index contributed by atoms with van der Waals surface area (Å²) < 4.78 is 26.0. The van der Waals surface area contributed by atoms with E-state index in [1.54, 1.807) is 0 Å². The normalized spacial score (nSPS) is 52.7. The molecule has 188 valence electrons. The van der Waals surface area contributed by atoms with Crippen LogP contribution in [0.2, 0.25) is 0 Å². The van der Waals surface area contributed by atoms with E-state index in [1.807, 2.05) is 0 Å². The molecule has 3 aliphatic heterocycles. The SMILES string of the molecule is OC[C@H]1O[C@H](OC[C@H]2O[C@H](O)[C@@H](O)[C@@H](O[C@H]3OC[C@@H](O)[C@H](O)[C@@H]3O)[C@@H]2O)[C@@H](O)[C@@H](O)[C@@H]1O. The molecule has 3 saturated heterocycles. The monoisotopic (exact) mass is 474 g/mol. The van der Waals surface area contributed by atoms with Gasteiger partial charge in [-0.05, 0) is 0 Å². The Bertz CT molecular complexity index is 594. The molecular formula is C17H30O15. The molecule has 3 heterocycles. The summed E-state index contributed by atoms with van der Waals surface area (Å²) in [6, 6.07) is 0. The van der Waals surface area contributed by atoms with Crippen molar-refractivity contribution in [2.75, 3.05) is 19.8 Å². The molecule has 0 radical (unpaired) electrons. The zero-order valence-corrected chi connectivity index (χ0v) is 16.7. The topological polar surface area (TPSA) is 248 Å². The van der Waals surface area contributed by atoms with Crippen molar-refractivity contribution >= 4 is 0 Å². The van der Waals surface area contributed by atoms with Crippen molar-refractivity contribution < 1.29 is 74.7 Å². The molecule has 3 rings (SSSR count). The number of hydrogen-bond acceptors (Lipinski definition) is 15. The Balaban J connectivity index is 1.62. The minimum Gasteiger partial charge on any atom is -0.394 e. The molecule has 0 aromatic carbocycles. The molecule has 14 atom stereocenters. The number of aliphatic hydroxyl groups excluding tert-OH is 10. The van der Waals surface area contributed by atoms with Gasteiger partial charge in [-0.25, -0.2) is 0 Å². The molecule has 0 aromatic rings. The van der Waals surface area contributed by atoms with Gasteiger partial charge in [0.25, 0.3) is 0 Å². The molecule has 0 saturated carbocycles. The maximum atomic E-state index is 10.6. The van der Waals surface area contributed by atoms with E-state index >= 15 is 0 Å². The largest absolute Gasteiger partial charge is 0.394 e. The highest BCUT2D eigenvalue weighted by Gasteiger charge is 2.50. The van der Waals surface area contributed by atoms with Gasteiger partial charge >= 0.3 is 0 Å². The zero-order chi connectivity index (χ0) is 23.7. The van der Waals surface area contributed by atoms with E-state index in [-0.39, 0.29) is 0 Å². The third-order valence-corrected chi connectivity index (χ3v) is 5.68. The average molecular weight is 474 g/mol. The standard InChI is InChI=1S/C17H30O15/c18-1-5-8(21)10(23)12(25)16(31-5)29-3-6-9(22)14(13(26)15(27)30-6)32-17-11(24)7(20)4(19)2-28-17/h4-27H,1-3H2/t4-,5-,6-,7+,8-,9-,10+,11+,12+,13+,14+,15+,16+,17-/m1/s1. The van der Waals surface area contributed by atoms with Crippen LogP contribution in [-0.4, -0.2) is 157 Å². The molecular weight excluding hydrogens is 444 g/mol. The maximum absolute atomic E-state index is 10.6. The fourth-order valence-corrected chi connectivity index (χ4v) is 3.66. The van der Waals surface area contributed by atoms with Crippen LogP contribution in [0.5, 0.6) is 0 Å². The van der Waals surface area contributed by atoms with E-state index < -0.39 is 106 Å². The lowest BCUT2D eigenvalue weighted by atomic mass is 9.98. The quantitative estimate of drug-likeness (QED) is 0.172. The van der Waals surface area contributed by atoms with Gasteiger partial charge in [-0.3, -0.25) is 0 Å². The second-order valence-electron chi connectivity index (χ2n) is 7.93. The highest BCUT2D eigenvalue weighted by molar-refractivity contribution is 4.93. The molecule has 15 nitrogen and oxygen atoms in total. The van der Waals surface area contributed by atoms with Crippen LogP contribution < -0.4 is 0 Å². The highest BCUT2D eigenvalue weighted by Crippen LogP contribution is 2.28. The van der Waals surface area contributed by atoms with Crippen molar-refractivity contribution in [2.24, 2.45) is 0 Å². The molecule has 3 aliphatic rings. The predicted molar refractivity (Wildman–Crippen MR) is 95.2 cm³/mol. The molecule has 0 aliphatic carbocycles. The molecule has 0 unspecified atom stereocenters. The van der Waals surface area contributed by atoms with Crippen LogP contribution in [0.15, 0.2) is 0 Å². The summed E-state index contributed by atoms with van der Waals surface area (Å²) >= 11 is 0. The summed E-state index contributed by atoms with van der Waals surface area (Å²) in [6.45, 7) is -1.65. The van der Waals surface area contributed by atoms with Gasteiger partial charge in [0.05, 0.1) is 19.8 Å². The van der Waals surface area contributed by atoms with Gasteiger partial charge < -0.3 is 74.7 Å². The molecule has 0 bridgehead atoms. The first-order valence-electron chi connectivity index (χ1n) is 9.99. The first kappa shape index (κ1) is 26.0. The number of rotatable bonds is 6. The van der Waals surface area contributed by atoms with Crippen molar-refractivity contribution in [1.29, 1.82) is 0 Å². The van der Waals surface area contributed by atoms with Gasteiger partial charge in [-0.1, -0.05) is 0 Å². The molecule has 15 heteroatoms. The Morgan fingerprint density at radius 1 is 0.656 bits per heavy atom. The fourth-order valence-electron chi connectivity index (χ4n) is 3.66. The Kier molecular flexibility index (Phi) is 8.75. The number of hydrogen-bond donors (Lipinski definition) is 10. The van der Waals surface area contributed by atoms with Crippen LogP contribution in [0, 0.1) is 0 Å². The Morgan fingerprint density at radius 3 is 1.97 bits per heavy atom. The number of ether oxygens (including phenoxy) is 5. The third kappa shape index (κ3) is 5.22. The van der Waals surface area contributed by atoms with Gasteiger partial charge in [0.1, 0.15) is 67.1 Å². The van der Waals surface area contributed by atoms with E-state index in [0.717, 1.165) is 0 Å². The average Bonchev–Trinajstić information content (AvgIpc) is 2.77. The maximum Gasteiger partial charge on any atom is 0.186 e. The minimum atomic E-state index is -1.87. The Morgan fingerprint density at radius 2 is 1.31 bits per heavy atom. The van der Waals surface area contributed by atoms with E-state index in [4.69, 9.17) is 23.7 Å². The molecule has 3 fully saturated rings. The van der Waals surface area contributed by atoms with Crippen LogP contribution in [0.1, 0.15) is 0 Å². The van der Waals surface area contributed by atoms with Crippen molar-refractivity contribution in [1.82, 2.24) is 0 Å². The predicted octanol–water partition coefficient (Wildman–Crippen LogP) is -6.93. The van der Waals surface area contributed by atoms with Gasteiger partial charge in [-0.2, -0.15) is 0 Å². The summed E-state index contributed by atoms with van der Waals surface area (Å²) in [7, 11) is 0. The van der Waals surface area contributed by atoms with E-state index in [0.29, 0.717) is 0 Å². The lowest BCUT2D eigenvalue weighted by molar-refractivity contribution is -0.352. The van der Waals surface area contributed by atoms with Crippen LogP contribution in [-0.2, 0) is 23.7 Å². The van der Waals surface area contributed by atoms with Crippen molar-refractivity contribution in [3.63, 3.8) is 0 Å². The van der Waals surface area contributed by atoms with Crippen LogP contribution in [0.3, 0.4) is 0 Å². The third-order valence-electron chi connectivity index (χ3n) is 5.68. The van der Waals surface area contributed by atoms with Crippen LogP contribution >= 0.6 is 0 Å². The summed E-state index contributed by atoms with van der Waals surface area (Å²) in [4.78, 5) is 0. The van der Waals surface area contributed by atoms with Crippen molar-refractivity contribution in [2.45, 2.75) is 86.0 Å². The summed E-state index contributed by atoms with van der Waals surface area (Å²) in [6.07, 6.45) is -22.4. The van der Waals surface area contributed by atoms with Gasteiger partial charge in [0.15, 0.2) is 18.9 Å².